The smallest absolute Gasteiger partial charge is 0.239 e. The van der Waals surface area contributed by atoms with E-state index in [9.17, 15) is 4.79 Å². The van der Waals surface area contributed by atoms with Gasteiger partial charge in [-0.05, 0) is 51.0 Å². The van der Waals surface area contributed by atoms with Crippen LogP contribution in [0.1, 0.15) is 52.9 Å². The molecule has 4 nitrogen and oxygen atoms in total. The van der Waals surface area contributed by atoms with Crippen LogP contribution in [-0.4, -0.2) is 54.0 Å². The molecule has 122 valence electrons. The summed E-state index contributed by atoms with van der Waals surface area (Å²) in [4.78, 5) is 17.1. The van der Waals surface area contributed by atoms with Gasteiger partial charge in [0, 0.05) is 25.7 Å². The number of hydrogen-bond donors (Lipinski definition) is 1. The molecule has 3 atom stereocenters. The molecule has 0 aromatic carbocycles. The van der Waals surface area contributed by atoms with Gasteiger partial charge in [-0.25, -0.2) is 0 Å². The zero-order valence-corrected chi connectivity index (χ0v) is 14.1. The molecule has 2 aliphatic heterocycles. The van der Waals surface area contributed by atoms with Crippen molar-refractivity contribution in [3.05, 3.63) is 0 Å². The number of carbonyl (C=O) groups excluding carboxylic acids is 1. The molecule has 0 aromatic heterocycles. The fraction of sp³-hybridized carbons (Fsp3) is 0.941. The van der Waals surface area contributed by atoms with Crippen molar-refractivity contribution in [1.29, 1.82) is 0 Å². The number of amides is 1. The van der Waals surface area contributed by atoms with Gasteiger partial charge in [-0.3, -0.25) is 4.79 Å². The van der Waals surface area contributed by atoms with Crippen LogP contribution in [0, 0.1) is 11.8 Å². The lowest BCUT2D eigenvalue weighted by Crippen LogP contribution is -2.52. The van der Waals surface area contributed by atoms with Crippen molar-refractivity contribution in [3.63, 3.8) is 0 Å². The molecule has 0 aromatic rings. The Kier molecular flexibility index (Phi) is 6.06. The molecule has 0 radical (unpaired) electrons. The highest BCUT2D eigenvalue weighted by molar-refractivity contribution is 5.82. The summed E-state index contributed by atoms with van der Waals surface area (Å²) >= 11 is 0. The zero-order chi connectivity index (χ0) is 15.4. The summed E-state index contributed by atoms with van der Waals surface area (Å²) in [5, 5.41) is 0. The van der Waals surface area contributed by atoms with Crippen LogP contribution in [0.5, 0.6) is 0 Å². The van der Waals surface area contributed by atoms with Crippen LogP contribution in [0.25, 0.3) is 0 Å². The Morgan fingerprint density at radius 2 is 1.95 bits per heavy atom. The maximum atomic E-state index is 12.4. The Morgan fingerprint density at radius 1 is 1.19 bits per heavy atom. The molecule has 21 heavy (non-hydrogen) atoms. The second-order valence-corrected chi connectivity index (χ2v) is 7.40. The standard InChI is InChI=1S/C17H33N3O/c1-13(2)16(18)17(21)20-10-6-8-15(12-20)11-19-9-5-4-7-14(19)3/h13-16H,4-12,18H2,1-3H3/t14-,15-,16-/m0/s1. The first-order valence-corrected chi connectivity index (χ1v) is 8.77. The average molecular weight is 295 g/mol. The van der Waals surface area contributed by atoms with E-state index in [-0.39, 0.29) is 17.9 Å². The summed E-state index contributed by atoms with van der Waals surface area (Å²) < 4.78 is 0. The topological polar surface area (TPSA) is 49.6 Å². The van der Waals surface area contributed by atoms with Gasteiger partial charge < -0.3 is 15.5 Å². The van der Waals surface area contributed by atoms with E-state index in [1.807, 2.05) is 18.7 Å². The van der Waals surface area contributed by atoms with E-state index in [0.29, 0.717) is 12.0 Å². The van der Waals surface area contributed by atoms with Crippen molar-refractivity contribution in [1.82, 2.24) is 9.80 Å². The number of nitrogens with zero attached hydrogens (tertiary/aromatic N) is 2. The van der Waals surface area contributed by atoms with Gasteiger partial charge in [0.2, 0.25) is 5.91 Å². The number of carbonyl (C=O) groups is 1. The van der Waals surface area contributed by atoms with Crippen LogP contribution in [0.15, 0.2) is 0 Å². The monoisotopic (exact) mass is 295 g/mol. The van der Waals surface area contributed by atoms with Gasteiger partial charge in [0.25, 0.3) is 0 Å². The highest BCUT2D eigenvalue weighted by Gasteiger charge is 2.30. The molecule has 0 spiro atoms. The first-order valence-electron chi connectivity index (χ1n) is 8.77. The SMILES string of the molecule is CC(C)[C@H](N)C(=O)N1CCC[C@@H](CN2CCCC[C@@H]2C)C1. The van der Waals surface area contributed by atoms with Gasteiger partial charge in [0.05, 0.1) is 6.04 Å². The molecule has 2 rings (SSSR count). The largest absolute Gasteiger partial charge is 0.341 e. The normalized spacial score (nSPS) is 29.7. The summed E-state index contributed by atoms with van der Waals surface area (Å²) in [5.74, 6) is 1.00. The van der Waals surface area contributed by atoms with Crippen LogP contribution < -0.4 is 5.73 Å². The molecule has 0 saturated carbocycles. The third-order valence-corrected chi connectivity index (χ3v) is 5.27. The quantitative estimate of drug-likeness (QED) is 0.864. The number of hydrogen-bond acceptors (Lipinski definition) is 3. The van der Waals surface area contributed by atoms with Crippen LogP contribution in [0.2, 0.25) is 0 Å². The van der Waals surface area contributed by atoms with Crippen molar-refractivity contribution in [2.75, 3.05) is 26.2 Å². The van der Waals surface area contributed by atoms with Gasteiger partial charge in [0.1, 0.15) is 0 Å². The predicted molar refractivity (Wildman–Crippen MR) is 87.0 cm³/mol. The Balaban J connectivity index is 1.87. The van der Waals surface area contributed by atoms with Crippen LogP contribution in [0.4, 0.5) is 0 Å². The molecule has 0 bridgehead atoms. The number of piperidine rings is 2. The predicted octanol–water partition coefficient (Wildman–Crippen LogP) is 2.08. The van der Waals surface area contributed by atoms with Crippen molar-refractivity contribution in [3.8, 4) is 0 Å². The summed E-state index contributed by atoms with van der Waals surface area (Å²) in [6.45, 7) is 10.6. The van der Waals surface area contributed by atoms with E-state index in [1.54, 1.807) is 0 Å². The van der Waals surface area contributed by atoms with Gasteiger partial charge in [0.15, 0.2) is 0 Å². The van der Waals surface area contributed by atoms with Crippen molar-refractivity contribution in [2.45, 2.75) is 65.0 Å². The van der Waals surface area contributed by atoms with Gasteiger partial charge in [-0.2, -0.15) is 0 Å². The number of likely N-dealkylation sites (tertiary alicyclic amines) is 2. The molecule has 0 unspecified atom stereocenters. The van der Waals surface area contributed by atoms with Crippen molar-refractivity contribution < 1.29 is 4.79 Å². The van der Waals surface area contributed by atoms with E-state index in [2.05, 4.69) is 11.8 Å². The molecule has 1 amide bonds. The average Bonchev–Trinajstić information content (AvgIpc) is 2.48. The minimum absolute atomic E-state index is 0.154. The van der Waals surface area contributed by atoms with Crippen LogP contribution in [-0.2, 0) is 4.79 Å². The third kappa shape index (κ3) is 4.43. The first-order chi connectivity index (χ1) is 9.99. The first kappa shape index (κ1) is 16.8. The molecule has 0 aliphatic carbocycles. The van der Waals surface area contributed by atoms with Gasteiger partial charge in [-0.15, -0.1) is 0 Å². The molecular weight excluding hydrogens is 262 g/mol. The van der Waals surface area contributed by atoms with Gasteiger partial charge >= 0.3 is 0 Å². The van der Waals surface area contributed by atoms with E-state index in [1.165, 1.54) is 32.2 Å². The van der Waals surface area contributed by atoms with E-state index in [4.69, 9.17) is 5.73 Å². The second kappa shape index (κ2) is 7.59. The molecular formula is C17H33N3O. The molecule has 2 saturated heterocycles. The molecule has 2 fully saturated rings. The maximum absolute atomic E-state index is 12.4. The Hall–Kier alpha value is -0.610. The molecule has 2 heterocycles. The van der Waals surface area contributed by atoms with Crippen LogP contribution in [0.3, 0.4) is 0 Å². The Morgan fingerprint density at radius 3 is 2.62 bits per heavy atom. The van der Waals surface area contributed by atoms with Crippen molar-refractivity contribution in [2.24, 2.45) is 17.6 Å². The Bertz CT molecular complexity index is 345. The lowest BCUT2D eigenvalue weighted by Gasteiger charge is -2.40. The summed E-state index contributed by atoms with van der Waals surface area (Å²) in [7, 11) is 0. The fourth-order valence-corrected chi connectivity index (χ4v) is 3.67. The minimum atomic E-state index is -0.335. The number of rotatable bonds is 4. The molecule has 2 N–H and O–H groups in total. The molecule has 2 aliphatic rings. The second-order valence-electron chi connectivity index (χ2n) is 7.40. The summed E-state index contributed by atoms with van der Waals surface area (Å²) in [5.41, 5.74) is 6.04. The van der Waals surface area contributed by atoms with E-state index >= 15 is 0 Å². The van der Waals surface area contributed by atoms with Crippen molar-refractivity contribution >= 4 is 5.91 Å². The highest BCUT2D eigenvalue weighted by Crippen LogP contribution is 2.23. The summed E-state index contributed by atoms with van der Waals surface area (Å²) in [6.07, 6.45) is 6.41. The highest BCUT2D eigenvalue weighted by atomic mass is 16.2. The third-order valence-electron chi connectivity index (χ3n) is 5.27. The lowest BCUT2D eigenvalue weighted by molar-refractivity contribution is -0.135. The minimum Gasteiger partial charge on any atom is -0.341 e. The van der Waals surface area contributed by atoms with Crippen LogP contribution >= 0.6 is 0 Å². The Labute approximate surface area is 130 Å². The zero-order valence-electron chi connectivity index (χ0n) is 14.1. The van der Waals surface area contributed by atoms with E-state index in [0.717, 1.165) is 26.1 Å². The van der Waals surface area contributed by atoms with E-state index < -0.39 is 0 Å². The maximum Gasteiger partial charge on any atom is 0.239 e. The fourth-order valence-electron chi connectivity index (χ4n) is 3.67. The lowest BCUT2D eigenvalue weighted by atomic mass is 9.93. The molecule has 4 heteroatoms. The van der Waals surface area contributed by atoms with Gasteiger partial charge in [-0.1, -0.05) is 20.3 Å². The number of nitrogens with two attached hydrogens (primary N) is 1. The summed E-state index contributed by atoms with van der Waals surface area (Å²) in [6, 6.07) is 0.375.